The van der Waals surface area contributed by atoms with Crippen molar-refractivity contribution in [2.24, 2.45) is 0 Å². The molecule has 0 heterocycles. The molecular weight excluding hydrogens is 246 g/mol. The van der Waals surface area contributed by atoms with E-state index in [1.54, 1.807) is 19.2 Å². The Morgan fingerprint density at radius 2 is 1.63 bits per heavy atom. The Kier molecular flexibility index (Phi) is 8.63. The van der Waals surface area contributed by atoms with Crippen LogP contribution in [0.5, 0.6) is 0 Å². The van der Waals surface area contributed by atoms with Crippen molar-refractivity contribution in [2.75, 3.05) is 46.7 Å². The van der Waals surface area contributed by atoms with Gasteiger partial charge in [-0.1, -0.05) is 18.2 Å². The van der Waals surface area contributed by atoms with Crippen LogP contribution in [0.4, 0.5) is 0 Å². The Labute approximate surface area is 113 Å². The molecule has 19 heavy (non-hydrogen) atoms. The maximum atomic E-state index is 11.6. The van der Waals surface area contributed by atoms with Gasteiger partial charge in [-0.25, -0.2) is 0 Å². The lowest BCUT2D eigenvalue weighted by molar-refractivity contribution is 0.0255. The fourth-order valence-electron chi connectivity index (χ4n) is 1.39. The minimum Gasteiger partial charge on any atom is -0.382 e. The predicted octanol–water partition coefficient (Wildman–Crippen LogP) is 1.10. The molecule has 106 valence electrons. The van der Waals surface area contributed by atoms with Crippen LogP contribution >= 0.6 is 0 Å². The lowest BCUT2D eigenvalue weighted by atomic mass is 10.2. The molecule has 0 radical (unpaired) electrons. The van der Waals surface area contributed by atoms with Gasteiger partial charge < -0.3 is 19.5 Å². The van der Waals surface area contributed by atoms with Crippen LogP contribution < -0.4 is 5.32 Å². The van der Waals surface area contributed by atoms with Crippen molar-refractivity contribution in [3.63, 3.8) is 0 Å². The van der Waals surface area contributed by atoms with Crippen molar-refractivity contribution in [1.29, 1.82) is 0 Å². The largest absolute Gasteiger partial charge is 0.382 e. The van der Waals surface area contributed by atoms with Crippen LogP contribution in [0.3, 0.4) is 0 Å². The van der Waals surface area contributed by atoms with Crippen molar-refractivity contribution in [3.8, 4) is 0 Å². The van der Waals surface area contributed by atoms with E-state index in [0.29, 0.717) is 45.1 Å². The summed E-state index contributed by atoms with van der Waals surface area (Å²) in [5, 5.41) is 2.79. The van der Waals surface area contributed by atoms with Crippen molar-refractivity contribution in [2.45, 2.75) is 0 Å². The molecule has 0 spiro atoms. The van der Waals surface area contributed by atoms with Gasteiger partial charge in [0.25, 0.3) is 5.91 Å². The Morgan fingerprint density at radius 1 is 1.00 bits per heavy atom. The number of carbonyl (C=O) groups excluding carboxylic acids is 1. The van der Waals surface area contributed by atoms with E-state index < -0.39 is 0 Å². The Balaban J connectivity index is 1.95. The summed E-state index contributed by atoms with van der Waals surface area (Å²) in [5.74, 6) is -0.0828. The quantitative estimate of drug-likeness (QED) is 0.645. The number of carbonyl (C=O) groups is 1. The number of benzene rings is 1. The summed E-state index contributed by atoms with van der Waals surface area (Å²) in [6.07, 6.45) is 0. The fourth-order valence-corrected chi connectivity index (χ4v) is 1.39. The molecule has 1 aromatic rings. The molecule has 0 saturated carbocycles. The first kappa shape index (κ1) is 15.6. The van der Waals surface area contributed by atoms with E-state index in [1.807, 2.05) is 18.2 Å². The number of amides is 1. The molecular formula is C14H21NO4. The van der Waals surface area contributed by atoms with E-state index >= 15 is 0 Å². The lowest BCUT2D eigenvalue weighted by Crippen LogP contribution is -2.27. The maximum absolute atomic E-state index is 11.6. The van der Waals surface area contributed by atoms with E-state index in [1.165, 1.54) is 0 Å². The molecule has 5 heteroatoms. The third kappa shape index (κ3) is 7.56. The van der Waals surface area contributed by atoms with Crippen LogP contribution in [0.2, 0.25) is 0 Å². The van der Waals surface area contributed by atoms with Gasteiger partial charge in [-0.05, 0) is 12.1 Å². The van der Waals surface area contributed by atoms with E-state index in [4.69, 9.17) is 14.2 Å². The average molecular weight is 267 g/mol. The molecule has 0 fully saturated rings. The first-order valence-electron chi connectivity index (χ1n) is 6.32. The van der Waals surface area contributed by atoms with Crippen molar-refractivity contribution >= 4 is 5.91 Å². The standard InChI is InChI=1S/C14H21NO4/c1-17-9-10-19-12-11-18-8-7-15-14(16)13-5-3-2-4-6-13/h2-6H,7-12H2,1H3,(H,15,16). The Morgan fingerprint density at radius 3 is 2.32 bits per heavy atom. The van der Waals surface area contributed by atoms with E-state index in [0.717, 1.165) is 0 Å². The summed E-state index contributed by atoms with van der Waals surface area (Å²) in [6, 6.07) is 9.11. The second kappa shape index (κ2) is 10.5. The van der Waals surface area contributed by atoms with Crippen LogP contribution in [0.25, 0.3) is 0 Å². The SMILES string of the molecule is COCCOCCOCCNC(=O)c1ccccc1. The molecule has 5 nitrogen and oxygen atoms in total. The average Bonchev–Trinajstić information content (AvgIpc) is 2.46. The number of hydrogen-bond acceptors (Lipinski definition) is 4. The highest BCUT2D eigenvalue weighted by molar-refractivity contribution is 5.94. The molecule has 0 aliphatic rings. The van der Waals surface area contributed by atoms with Gasteiger partial charge in [0, 0.05) is 19.2 Å². The molecule has 1 rings (SSSR count). The van der Waals surface area contributed by atoms with Gasteiger partial charge in [-0.15, -0.1) is 0 Å². The monoisotopic (exact) mass is 267 g/mol. The van der Waals surface area contributed by atoms with Gasteiger partial charge in [-0.2, -0.15) is 0 Å². The molecule has 0 unspecified atom stereocenters. The van der Waals surface area contributed by atoms with Crippen LogP contribution in [-0.4, -0.2) is 52.6 Å². The number of nitrogens with one attached hydrogen (secondary N) is 1. The first-order valence-corrected chi connectivity index (χ1v) is 6.32. The molecule has 0 saturated heterocycles. The van der Waals surface area contributed by atoms with Gasteiger partial charge in [0.05, 0.1) is 33.0 Å². The number of methoxy groups -OCH3 is 1. The minimum atomic E-state index is -0.0828. The van der Waals surface area contributed by atoms with Gasteiger partial charge >= 0.3 is 0 Å². The lowest BCUT2D eigenvalue weighted by Gasteiger charge is -2.07. The molecule has 1 N–H and O–H groups in total. The van der Waals surface area contributed by atoms with Crippen LogP contribution in [-0.2, 0) is 14.2 Å². The highest BCUT2D eigenvalue weighted by Crippen LogP contribution is 1.97. The summed E-state index contributed by atoms with van der Waals surface area (Å²) in [6.45, 7) is 3.19. The minimum absolute atomic E-state index is 0.0828. The number of ether oxygens (including phenoxy) is 3. The van der Waals surface area contributed by atoms with Crippen molar-refractivity contribution in [1.82, 2.24) is 5.32 Å². The summed E-state index contributed by atoms with van der Waals surface area (Å²) in [5.41, 5.74) is 0.658. The molecule has 0 bridgehead atoms. The zero-order valence-electron chi connectivity index (χ0n) is 11.3. The van der Waals surface area contributed by atoms with Gasteiger partial charge in [0.1, 0.15) is 0 Å². The molecule has 0 aromatic heterocycles. The summed E-state index contributed by atoms with van der Waals surface area (Å²) in [7, 11) is 1.63. The zero-order valence-corrected chi connectivity index (χ0v) is 11.3. The van der Waals surface area contributed by atoms with Gasteiger partial charge in [0.2, 0.25) is 0 Å². The van der Waals surface area contributed by atoms with E-state index in [9.17, 15) is 4.79 Å². The van der Waals surface area contributed by atoms with Crippen molar-refractivity contribution in [3.05, 3.63) is 35.9 Å². The second-order valence-electron chi connectivity index (χ2n) is 3.84. The summed E-state index contributed by atoms with van der Waals surface area (Å²) >= 11 is 0. The summed E-state index contributed by atoms with van der Waals surface area (Å²) < 4.78 is 15.4. The van der Waals surface area contributed by atoms with Crippen molar-refractivity contribution < 1.29 is 19.0 Å². The van der Waals surface area contributed by atoms with E-state index in [-0.39, 0.29) is 5.91 Å². The predicted molar refractivity (Wildman–Crippen MR) is 72.3 cm³/mol. The maximum Gasteiger partial charge on any atom is 0.251 e. The third-order valence-electron chi connectivity index (χ3n) is 2.37. The highest BCUT2D eigenvalue weighted by atomic mass is 16.5. The van der Waals surface area contributed by atoms with Crippen LogP contribution in [0, 0.1) is 0 Å². The van der Waals surface area contributed by atoms with Crippen LogP contribution in [0.15, 0.2) is 30.3 Å². The smallest absolute Gasteiger partial charge is 0.251 e. The topological polar surface area (TPSA) is 56.8 Å². The summed E-state index contributed by atoms with van der Waals surface area (Å²) in [4.78, 5) is 11.6. The normalized spacial score (nSPS) is 10.4. The number of rotatable bonds is 10. The number of hydrogen-bond donors (Lipinski definition) is 1. The molecule has 1 aromatic carbocycles. The first-order chi connectivity index (χ1) is 9.34. The molecule has 0 atom stereocenters. The fraction of sp³-hybridized carbons (Fsp3) is 0.500. The third-order valence-corrected chi connectivity index (χ3v) is 2.37. The Bertz CT molecular complexity index is 343. The zero-order chi connectivity index (χ0) is 13.8. The van der Waals surface area contributed by atoms with Gasteiger partial charge in [0.15, 0.2) is 0 Å². The van der Waals surface area contributed by atoms with E-state index in [2.05, 4.69) is 5.32 Å². The highest BCUT2D eigenvalue weighted by Gasteiger charge is 2.02. The van der Waals surface area contributed by atoms with Crippen LogP contribution in [0.1, 0.15) is 10.4 Å². The molecule has 1 amide bonds. The Hall–Kier alpha value is -1.43. The second-order valence-corrected chi connectivity index (χ2v) is 3.84. The van der Waals surface area contributed by atoms with Gasteiger partial charge in [-0.3, -0.25) is 4.79 Å². The molecule has 0 aliphatic heterocycles. The molecule has 0 aliphatic carbocycles.